The lowest BCUT2D eigenvalue weighted by molar-refractivity contribution is 0.0992. The van der Waals surface area contributed by atoms with Crippen LogP contribution in [0.4, 0.5) is 0 Å². The normalized spacial score (nSPS) is 11.5. The highest BCUT2D eigenvalue weighted by molar-refractivity contribution is 9.10. The molecule has 3 rings (SSSR count). The molecule has 0 unspecified atom stereocenters. The van der Waals surface area contributed by atoms with Gasteiger partial charge >= 0.3 is 0 Å². The van der Waals surface area contributed by atoms with Crippen LogP contribution in [0.25, 0.3) is 10.9 Å². The van der Waals surface area contributed by atoms with Gasteiger partial charge in [-0.05, 0) is 49.7 Å². The highest BCUT2D eigenvalue weighted by atomic mass is 79.9. The van der Waals surface area contributed by atoms with Crippen LogP contribution in [-0.4, -0.2) is 18.2 Å². The van der Waals surface area contributed by atoms with Crippen LogP contribution in [0.3, 0.4) is 0 Å². The van der Waals surface area contributed by atoms with Crippen molar-refractivity contribution in [2.24, 2.45) is 0 Å². The van der Waals surface area contributed by atoms with Crippen molar-refractivity contribution in [1.82, 2.24) is 3.97 Å². The third-order valence-corrected chi connectivity index (χ3v) is 6.72. The van der Waals surface area contributed by atoms with Gasteiger partial charge in [0.1, 0.15) is 12.1 Å². The van der Waals surface area contributed by atoms with Crippen LogP contribution in [0.15, 0.2) is 51.8 Å². The highest BCUT2D eigenvalue weighted by Gasteiger charge is 2.26. The number of carbonyl (C=O) groups excluding carboxylic acids is 1. The predicted molar refractivity (Wildman–Crippen MR) is 103 cm³/mol. The standard InChI is InChI=1S/C19H15BrN2O3S/c1-12-3-5-15(6-4-12)26(24,25)22-17-11-16(20)13(2)9-14(17)10-18(22)19(23)7-8-21/h3-6,9-11H,7H2,1-2H3. The summed E-state index contributed by atoms with van der Waals surface area (Å²) in [5.41, 5.74) is 2.23. The van der Waals surface area contributed by atoms with Crippen molar-refractivity contribution in [2.45, 2.75) is 25.2 Å². The third kappa shape index (κ3) is 3.06. The highest BCUT2D eigenvalue weighted by Crippen LogP contribution is 2.31. The summed E-state index contributed by atoms with van der Waals surface area (Å²) in [6.45, 7) is 3.75. The third-order valence-electron chi connectivity index (χ3n) is 4.12. The molecule has 7 heteroatoms. The van der Waals surface area contributed by atoms with Crippen molar-refractivity contribution in [3.05, 3.63) is 63.8 Å². The Balaban J connectivity index is 2.37. The zero-order valence-electron chi connectivity index (χ0n) is 14.2. The van der Waals surface area contributed by atoms with Crippen LogP contribution < -0.4 is 0 Å². The van der Waals surface area contributed by atoms with E-state index in [0.29, 0.717) is 10.9 Å². The second-order valence-electron chi connectivity index (χ2n) is 6.03. The quantitative estimate of drug-likeness (QED) is 0.576. The molecule has 3 aromatic rings. The lowest BCUT2D eigenvalue weighted by Gasteiger charge is -2.11. The molecular formula is C19H15BrN2O3S. The van der Waals surface area contributed by atoms with Crippen molar-refractivity contribution in [1.29, 1.82) is 5.26 Å². The van der Waals surface area contributed by atoms with E-state index in [1.807, 2.05) is 19.9 Å². The summed E-state index contributed by atoms with van der Waals surface area (Å²) in [4.78, 5) is 12.5. The number of carbonyl (C=O) groups is 1. The van der Waals surface area contributed by atoms with Gasteiger partial charge in [0.15, 0.2) is 5.78 Å². The molecule has 26 heavy (non-hydrogen) atoms. The van der Waals surface area contributed by atoms with Crippen LogP contribution in [0, 0.1) is 25.2 Å². The first-order valence-electron chi connectivity index (χ1n) is 7.79. The van der Waals surface area contributed by atoms with Gasteiger partial charge in [-0.3, -0.25) is 4.79 Å². The number of benzene rings is 2. The van der Waals surface area contributed by atoms with Crippen molar-refractivity contribution in [3.8, 4) is 6.07 Å². The van der Waals surface area contributed by atoms with E-state index in [0.717, 1.165) is 19.6 Å². The minimum Gasteiger partial charge on any atom is -0.291 e. The van der Waals surface area contributed by atoms with Crippen LogP contribution in [-0.2, 0) is 10.0 Å². The number of aromatic nitrogens is 1. The van der Waals surface area contributed by atoms with E-state index in [1.54, 1.807) is 24.3 Å². The molecule has 2 aromatic carbocycles. The van der Waals surface area contributed by atoms with Gasteiger partial charge in [0, 0.05) is 9.86 Å². The van der Waals surface area contributed by atoms with E-state index >= 15 is 0 Å². The molecule has 0 aliphatic carbocycles. The second-order valence-corrected chi connectivity index (χ2v) is 8.67. The molecule has 0 aliphatic rings. The first-order valence-corrected chi connectivity index (χ1v) is 10.0. The molecule has 1 aromatic heterocycles. The number of nitriles is 1. The van der Waals surface area contributed by atoms with Gasteiger partial charge in [-0.1, -0.05) is 33.6 Å². The Morgan fingerprint density at radius 3 is 2.42 bits per heavy atom. The number of halogens is 1. The molecule has 0 amide bonds. The first kappa shape index (κ1) is 18.4. The molecule has 0 fully saturated rings. The monoisotopic (exact) mass is 430 g/mol. The SMILES string of the molecule is Cc1ccc(S(=O)(=O)n2c(C(=O)CC#N)cc3cc(C)c(Br)cc32)cc1. The number of fused-ring (bicyclic) bond motifs is 1. The fraction of sp³-hybridized carbons (Fsp3) is 0.158. The summed E-state index contributed by atoms with van der Waals surface area (Å²) in [6.07, 6.45) is -0.389. The summed E-state index contributed by atoms with van der Waals surface area (Å²) in [6, 6.07) is 13.2. The molecule has 132 valence electrons. The maximum absolute atomic E-state index is 13.3. The van der Waals surface area contributed by atoms with E-state index in [4.69, 9.17) is 5.26 Å². The topological polar surface area (TPSA) is 79.9 Å². The molecule has 0 bridgehead atoms. The van der Waals surface area contributed by atoms with Gasteiger partial charge in [-0.25, -0.2) is 12.4 Å². The fourth-order valence-corrected chi connectivity index (χ4v) is 4.60. The van der Waals surface area contributed by atoms with Crippen molar-refractivity contribution in [3.63, 3.8) is 0 Å². The van der Waals surface area contributed by atoms with Gasteiger partial charge in [0.2, 0.25) is 0 Å². The van der Waals surface area contributed by atoms with Crippen molar-refractivity contribution >= 4 is 42.6 Å². The molecule has 0 saturated heterocycles. The zero-order valence-corrected chi connectivity index (χ0v) is 16.6. The Kier molecular flexibility index (Phi) is 4.74. The summed E-state index contributed by atoms with van der Waals surface area (Å²) < 4.78 is 28.3. The molecule has 0 N–H and O–H groups in total. The number of hydrogen-bond donors (Lipinski definition) is 0. The minimum absolute atomic E-state index is 0.0142. The Morgan fingerprint density at radius 2 is 1.81 bits per heavy atom. The predicted octanol–water partition coefficient (Wildman–Crippen LogP) is 4.35. The lowest BCUT2D eigenvalue weighted by Crippen LogP contribution is -2.18. The molecule has 0 atom stereocenters. The lowest BCUT2D eigenvalue weighted by atomic mass is 10.1. The molecule has 0 saturated carbocycles. The zero-order chi connectivity index (χ0) is 19.1. The summed E-state index contributed by atoms with van der Waals surface area (Å²) in [7, 11) is -4.00. The molecule has 0 radical (unpaired) electrons. The Morgan fingerprint density at radius 1 is 1.15 bits per heavy atom. The van der Waals surface area contributed by atoms with Crippen LogP contribution >= 0.6 is 15.9 Å². The number of Topliss-reactive ketones (excluding diaryl/α,β-unsaturated/α-hetero) is 1. The second kappa shape index (κ2) is 6.71. The van der Waals surface area contributed by atoms with Gasteiger partial charge in [-0.15, -0.1) is 0 Å². The number of rotatable bonds is 4. The van der Waals surface area contributed by atoms with Gasteiger partial charge in [-0.2, -0.15) is 5.26 Å². The van der Waals surface area contributed by atoms with Gasteiger partial charge in [0.25, 0.3) is 10.0 Å². The Hall–Kier alpha value is -2.43. The first-order chi connectivity index (χ1) is 12.3. The molecular weight excluding hydrogens is 416 g/mol. The average Bonchev–Trinajstić information content (AvgIpc) is 2.95. The summed E-state index contributed by atoms with van der Waals surface area (Å²) in [5, 5.41) is 9.49. The summed E-state index contributed by atoms with van der Waals surface area (Å²) >= 11 is 3.41. The number of ketones is 1. The molecule has 0 spiro atoms. The largest absolute Gasteiger partial charge is 0.291 e. The molecule has 1 heterocycles. The van der Waals surface area contributed by atoms with Gasteiger partial charge < -0.3 is 0 Å². The van der Waals surface area contributed by atoms with E-state index in [-0.39, 0.29) is 17.0 Å². The number of nitrogens with zero attached hydrogens (tertiary/aromatic N) is 2. The van der Waals surface area contributed by atoms with Crippen LogP contribution in [0.1, 0.15) is 28.0 Å². The van der Waals surface area contributed by atoms with Crippen LogP contribution in [0.5, 0.6) is 0 Å². The smallest absolute Gasteiger partial charge is 0.268 e. The minimum atomic E-state index is -4.00. The Labute approximate surface area is 160 Å². The molecule has 0 aliphatic heterocycles. The van der Waals surface area contributed by atoms with E-state index in [9.17, 15) is 13.2 Å². The van der Waals surface area contributed by atoms with Crippen molar-refractivity contribution in [2.75, 3.05) is 0 Å². The van der Waals surface area contributed by atoms with Crippen LogP contribution in [0.2, 0.25) is 0 Å². The maximum Gasteiger partial charge on any atom is 0.268 e. The van der Waals surface area contributed by atoms with E-state index in [1.165, 1.54) is 18.2 Å². The van der Waals surface area contributed by atoms with E-state index in [2.05, 4.69) is 15.9 Å². The van der Waals surface area contributed by atoms with Crippen molar-refractivity contribution < 1.29 is 13.2 Å². The number of hydrogen-bond acceptors (Lipinski definition) is 4. The number of aryl methyl sites for hydroxylation is 2. The fourth-order valence-electron chi connectivity index (χ4n) is 2.75. The summed E-state index contributed by atoms with van der Waals surface area (Å²) in [5.74, 6) is -0.534. The average molecular weight is 431 g/mol. The Bertz CT molecular complexity index is 1170. The van der Waals surface area contributed by atoms with Gasteiger partial charge in [0.05, 0.1) is 16.5 Å². The maximum atomic E-state index is 13.3. The van der Waals surface area contributed by atoms with E-state index < -0.39 is 15.8 Å². The molecule has 5 nitrogen and oxygen atoms in total.